The summed E-state index contributed by atoms with van der Waals surface area (Å²) in [5.41, 5.74) is 0. The summed E-state index contributed by atoms with van der Waals surface area (Å²) in [6.07, 6.45) is 7.36. The van der Waals surface area contributed by atoms with Gasteiger partial charge in [0.1, 0.15) is 0 Å². The summed E-state index contributed by atoms with van der Waals surface area (Å²) in [5.74, 6) is 2.02. The number of piperidine rings is 1. The third-order valence-electron chi connectivity index (χ3n) is 3.08. The zero-order chi connectivity index (χ0) is 7.68. The first-order valence-corrected chi connectivity index (χ1v) is 5.08. The predicted octanol–water partition coefficient (Wildman–Crippen LogP) is 2.17. The molecular formula is C10H19N. The minimum absolute atomic E-state index is 0.874. The second-order valence-corrected chi connectivity index (χ2v) is 4.47. The molecule has 0 aromatic rings. The Bertz CT molecular complexity index is 121. The highest BCUT2D eigenvalue weighted by molar-refractivity contribution is 4.83. The smallest absolute Gasteiger partial charge is 0.00699 e. The van der Waals surface area contributed by atoms with Gasteiger partial charge in [-0.2, -0.15) is 0 Å². The highest BCUT2D eigenvalue weighted by atomic mass is 14.9. The molecule has 0 radical (unpaired) electrons. The van der Waals surface area contributed by atoms with Gasteiger partial charge in [-0.25, -0.2) is 0 Å². The topological polar surface area (TPSA) is 12.0 Å². The summed E-state index contributed by atoms with van der Waals surface area (Å²) in [7, 11) is 0. The fraction of sp³-hybridized carbons (Fsp3) is 1.00. The Morgan fingerprint density at radius 1 is 1.18 bits per heavy atom. The first kappa shape index (κ1) is 7.60. The molecule has 1 saturated heterocycles. The van der Waals surface area contributed by atoms with Crippen LogP contribution in [-0.4, -0.2) is 12.6 Å². The van der Waals surface area contributed by atoms with Crippen LogP contribution in [0.1, 0.15) is 39.0 Å². The van der Waals surface area contributed by atoms with E-state index in [-0.39, 0.29) is 0 Å². The lowest BCUT2D eigenvalue weighted by Gasteiger charge is -2.27. The van der Waals surface area contributed by atoms with E-state index in [0.717, 1.165) is 17.9 Å². The normalized spacial score (nSPS) is 39.0. The van der Waals surface area contributed by atoms with Gasteiger partial charge in [-0.1, -0.05) is 19.8 Å². The molecule has 1 N–H and O–H groups in total. The maximum absolute atomic E-state index is 3.64. The summed E-state index contributed by atoms with van der Waals surface area (Å²) in [6.45, 7) is 3.61. The van der Waals surface area contributed by atoms with Crippen molar-refractivity contribution in [3.8, 4) is 0 Å². The Labute approximate surface area is 69.6 Å². The lowest BCUT2D eigenvalue weighted by molar-refractivity contribution is 0.307. The SMILES string of the molecule is CC1CCC(CC2CC2)NC1. The number of nitrogens with one attached hydrogen (secondary N) is 1. The van der Waals surface area contributed by atoms with Crippen molar-refractivity contribution in [2.45, 2.75) is 45.1 Å². The standard InChI is InChI=1S/C10H19N/c1-8-2-5-10(11-7-8)6-9-3-4-9/h8-11H,2-7H2,1H3. The number of hydrogen-bond acceptors (Lipinski definition) is 1. The Kier molecular flexibility index (Phi) is 2.17. The molecular weight excluding hydrogens is 134 g/mol. The molecule has 2 aliphatic rings. The second-order valence-electron chi connectivity index (χ2n) is 4.47. The minimum Gasteiger partial charge on any atom is -0.314 e. The van der Waals surface area contributed by atoms with E-state index in [1.807, 2.05) is 0 Å². The molecule has 2 fully saturated rings. The minimum atomic E-state index is 0.874. The summed E-state index contributed by atoms with van der Waals surface area (Å²) >= 11 is 0. The van der Waals surface area contributed by atoms with Crippen molar-refractivity contribution >= 4 is 0 Å². The Morgan fingerprint density at radius 3 is 2.55 bits per heavy atom. The average Bonchev–Trinajstić information content (AvgIpc) is 2.78. The van der Waals surface area contributed by atoms with E-state index < -0.39 is 0 Å². The number of rotatable bonds is 2. The zero-order valence-corrected chi connectivity index (χ0v) is 7.47. The van der Waals surface area contributed by atoms with Crippen molar-refractivity contribution in [3.05, 3.63) is 0 Å². The van der Waals surface area contributed by atoms with Gasteiger partial charge < -0.3 is 5.32 Å². The highest BCUT2D eigenvalue weighted by Gasteiger charge is 2.27. The average molecular weight is 153 g/mol. The van der Waals surface area contributed by atoms with Gasteiger partial charge in [0, 0.05) is 6.04 Å². The third-order valence-corrected chi connectivity index (χ3v) is 3.08. The van der Waals surface area contributed by atoms with Gasteiger partial charge in [0.25, 0.3) is 0 Å². The largest absolute Gasteiger partial charge is 0.314 e. The first-order chi connectivity index (χ1) is 5.34. The van der Waals surface area contributed by atoms with E-state index in [2.05, 4.69) is 12.2 Å². The van der Waals surface area contributed by atoms with E-state index in [9.17, 15) is 0 Å². The zero-order valence-electron chi connectivity index (χ0n) is 7.47. The molecule has 1 heteroatoms. The van der Waals surface area contributed by atoms with Gasteiger partial charge in [-0.3, -0.25) is 0 Å². The lowest BCUT2D eigenvalue weighted by Crippen LogP contribution is -2.38. The molecule has 0 amide bonds. The predicted molar refractivity (Wildman–Crippen MR) is 47.5 cm³/mol. The molecule has 2 atom stereocenters. The van der Waals surface area contributed by atoms with Gasteiger partial charge in [0.05, 0.1) is 0 Å². The quantitative estimate of drug-likeness (QED) is 0.641. The van der Waals surface area contributed by atoms with E-state index in [0.29, 0.717) is 0 Å². The van der Waals surface area contributed by atoms with Crippen LogP contribution in [0.15, 0.2) is 0 Å². The maximum atomic E-state index is 3.64. The molecule has 0 bridgehead atoms. The van der Waals surface area contributed by atoms with Crippen molar-refractivity contribution < 1.29 is 0 Å². The summed E-state index contributed by atoms with van der Waals surface area (Å²) < 4.78 is 0. The van der Waals surface area contributed by atoms with Gasteiger partial charge in [-0.05, 0) is 37.6 Å². The van der Waals surface area contributed by atoms with Crippen LogP contribution in [-0.2, 0) is 0 Å². The van der Waals surface area contributed by atoms with Crippen LogP contribution < -0.4 is 5.32 Å². The Morgan fingerprint density at radius 2 is 2.00 bits per heavy atom. The number of hydrogen-bond donors (Lipinski definition) is 1. The Hall–Kier alpha value is -0.0400. The molecule has 2 unspecified atom stereocenters. The van der Waals surface area contributed by atoms with Crippen molar-refractivity contribution in [2.24, 2.45) is 11.8 Å². The molecule has 0 spiro atoms. The van der Waals surface area contributed by atoms with Crippen LogP contribution in [0, 0.1) is 11.8 Å². The molecule has 1 saturated carbocycles. The van der Waals surface area contributed by atoms with E-state index in [4.69, 9.17) is 0 Å². The van der Waals surface area contributed by atoms with Crippen LogP contribution >= 0.6 is 0 Å². The Balaban J connectivity index is 1.69. The van der Waals surface area contributed by atoms with Crippen molar-refractivity contribution in [1.29, 1.82) is 0 Å². The molecule has 1 heterocycles. The molecule has 2 rings (SSSR count). The summed E-state index contributed by atoms with van der Waals surface area (Å²) in [4.78, 5) is 0. The van der Waals surface area contributed by atoms with Crippen molar-refractivity contribution in [3.63, 3.8) is 0 Å². The van der Waals surface area contributed by atoms with Crippen LogP contribution in [0.3, 0.4) is 0 Å². The monoisotopic (exact) mass is 153 g/mol. The van der Waals surface area contributed by atoms with Crippen molar-refractivity contribution in [2.75, 3.05) is 6.54 Å². The van der Waals surface area contributed by atoms with Gasteiger partial charge in [-0.15, -0.1) is 0 Å². The van der Waals surface area contributed by atoms with Crippen LogP contribution in [0.5, 0.6) is 0 Å². The van der Waals surface area contributed by atoms with Crippen LogP contribution in [0.2, 0.25) is 0 Å². The molecule has 0 aromatic carbocycles. The molecule has 1 nitrogen and oxygen atoms in total. The summed E-state index contributed by atoms with van der Waals surface area (Å²) in [6, 6.07) is 0.874. The third kappa shape index (κ3) is 2.19. The fourth-order valence-electron chi connectivity index (χ4n) is 2.01. The fourth-order valence-corrected chi connectivity index (χ4v) is 2.01. The first-order valence-electron chi connectivity index (χ1n) is 5.08. The van der Waals surface area contributed by atoms with Crippen LogP contribution in [0.4, 0.5) is 0 Å². The van der Waals surface area contributed by atoms with Gasteiger partial charge in [0.2, 0.25) is 0 Å². The summed E-state index contributed by atoms with van der Waals surface area (Å²) in [5, 5.41) is 3.64. The van der Waals surface area contributed by atoms with Gasteiger partial charge >= 0.3 is 0 Å². The van der Waals surface area contributed by atoms with Crippen LogP contribution in [0.25, 0.3) is 0 Å². The molecule has 1 aliphatic heterocycles. The molecule has 1 aliphatic carbocycles. The molecule has 11 heavy (non-hydrogen) atoms. The van der Waals surface area contributed by atoms with Gasteiger partial charge in [0.15, 0.2) is 0 Å². The van der Waals surface area contributed by atoms with E-state index >= 15 is 0 Å². The molecule has 64 valence electrons. The van der Waals surface area contributed by atoms with Crippen molar-refractivity contribution in [1.82, 2.24) is 5.32 Å². The highest BCUT2D eigenvalue weighted by Crippen LogP contribution is 2.35. The maximum Gasteiger partial charge on any atom is 0.00699 e. The van der Waals surface area contributed by atoms with E-state index in [1.165, 1.54) is 38.6 Å². The second kappa shape index (κ2) is 3.14. The molecule has 0 aromatic heterocycles. The lowest BCUT2D eigenvalue weighted by atomic mass is 9.93. The van der Waals surface area contributed by atoms with E-state index in [1.54, 1.807) is 0 Å².